The molecule has 0 atom stereocenters. The van der Waals surface area contributed by atoms with E-state index < -0.39 is 26.3 Å². The Labute approximate surface area is 163 Å². The third-order valence-electron chi connectivity index (χ3n) is 4.46. The fourth-order valence-corrected chi connectivity index (χ4v) is 4.23. The second-order valence-electron chi connectivity index (χ2n) is 7.06. The maximum absolute atomic E-state index is 13.0. The first-order valence-corrected chi connectivity index (χ1v) is 10.6. The normalized spacial score (nSPS) is 19.4. The highest BCUT2D eigenvalue weighted by Crippen LogP contribution is 2.33. The first-order valence-electron chi connectivity index (χ1n) is 8.99. The van der Waals surface area contributed by atoms with E-state index in [-0.39, 0.29) is 24.7 Å². The highest BCUT2D eigenvalue weighted by Gasteiger charge is 2.41. The van der Waals surface area contributed by atoms with E-state index in [0.29, 0.717) is 25.6 Å². The fraction of sp³-hybridized carbons (Fsp3) is 0.647. The number of halogens is 3. The van der Waals surface area contributed by atoms with Gasteiger partial charge in [0.05, 0.1) is 22.6 Å². The zero-order valence-corrected chi connectivity index (χ0v) is 17.0. The molecule has 0 spiro atoms. The lowest BCUT2D eigenvalue weighted by molar-refractivity contribution is -0.137. The van der Waals surface area contributed by atoms with Crippen LogP contribution in [0.1, 0.15) is 26.3 Å². The molecule has 1 aliphatic heterocycles. The maximum atomic E-state index is 13.0. The number of nitrogens with one attached hydrogen (secondary N) is 2. The van der Waals surface area contributed by atoms with E-state index in [0.717, 1.165) is 6.07 Å². The first-order chi connectivity index (χ1) is 13.0. The summed E-state index contributed by atoms with van der Waals surface area (Å²) in [7, 11) is -3.17. The van der Waals surface area contributed by atoms with Crippen LogP contribution >= 0.6 is 0 Å². The Morgan fingerprint density at radius 3 is 2.71 bits per heavy atom. The Morgan fingerprint density at radius 2 is 2.11 bits per heavy atom. The molecule has 0 radical (unpaired) electrons. The van der Waals surface area contributed by atoms with Crippen molar-refractivity contribution in [2.24, 2.45) is 4.99 Å². The van der Waals surface area contributed by atoms with Crippen LogP contribution in [0.3, 0.4) is 0 Å². The zero-order chi connectivity index (χ0) is 21.0. The standard InChI is InChI=1S/C17H26F3N5O2S/c1-4-21-15(25-10-11-28(26,27)16(2,3)12-25)24-9-8-23-14-13(17(18,19)20)6-5-7-22-14/h5-7H,4,8-12H2,1-3H3,(H,21,24)(H,22,23). The fourth-order valence-electron chi connectivity index (χ4n) is 2.86. The average Bonchev–Trinajstić information content (AvgIpc) is 2.59. The second-order valence-corrected chi connectivity index (χ2v) is 9.80. The van der Waals surface area contributed by atoms with Crippen molar-refractivity contribution in [2.45, 2.75) is 31.7 Å². The highest BCUT2D eigenvalue weighted by molar-refractivity contribution is 7.92. The minimum absolute atomic E-state index is 0.0333. The minimum atomic E-state index is -4.49. The van der Waals surface area contributed by atoms with Crippen LogP contribution in [0.2, 0.25) is 0 Å². The van der Waals surface area contributed by atoms with Crippen molar-refractivity contribution in [3.8, 4) is 0 Å². The van der Waals surface area contributed by atoms with Gasteiger partial charge in [0.15, 0.2) is 15.8 Å². The summed E-state index contributed by atoms with van der Waals surface area (Å²) in [6, 6.07) is 2.21. The number of sulfone groups is 1. The number of anilines is 1. The van der Waals surface area contributed by atoms with Gasteiger partial charge in [-0.05, 0) is 32.9 Å². The van der Waals surface area contributed by atoms with Gasteiger partial charge in [-0.15, -0.1) is 0 Å². The van der Waals surface area contributed by atoms with Crippen LogP contribution in [0, 0.1) is 0 Å². The smallest absolute Gasteiger partial charge is 0.368 e. The third kappa shape index (κ3) is 5.27. The molecule has 0 amide bonds. The Hall–Kier alpha value is -2.04. The number of rotatable bonds is 5. The molecule has 1 aliphatic rings. The van der Waals surface area contributed by atoms with Gasteiger partial charge in [-0.1, -0.05) is 0 Å². The Kier molecular flexibility index (Phi) is 6.79. The van der Waals surface area contributed by atoms with Gasteiger partial charge in [-0.3, -0.25) is 4.99 Å². The molecule has 2 heterocycles. The maximum Gasteiger partial charge on any atom is 0.419 e. The SMILES string of the molecule is CCNC(=NCCNc1ncccc1C(F)(F)F)N1CCS(=O)(=O)C(C)(C)C1. The largest absolute Gasteiger partial charge is 0.419 e. The summed E-state index contributed by atoms with van der Waals surface area (Å²) in [5.74, 6) is 0.343. The zero-order valence-electron chi connectivity index (χ0n) is 16.2. The molecule has 1 saturated heterocycles. The molecule has 2 rings (SSSR count). The molecule has 0 saturated carbocycles. The molecule has 2 N–H and O–H groups in total. The van der Waals surface area contributed by atoms with Crippen molar-refractivity contribution in [3.05, 3.63) is 23.9 Å². The Morgan fingerprint density at radius 1 is 1.39 bits per heavy atom. The predicted molar refractivity (Wildman–Crippen MR) is 103 cm³/mol. The molecular formula is C17H26F3N5O2S. The molecule has 0 aromatic carbocycles. The summed E-state index contributed by atoms with van der Waals surface area (Å²) in [5, 5.41) is 5.78. The molecule has 1 fully saturated rings. The van der Waals surface area contributed by atoms with E-state index in [9.17, 15) is 21.6 Å². The highest BCUT2D eigenvalue weighted by atomic mass is 32.2. The summed E-state index contributed by atoms with van der Waals surface area (Å²) in [6.07, 6.45) is -3.19. The number of aliphatic imine (C=N–C) groups is 1. The van der Waals surface area contributed by atoms with Crippen LogP contribution < -0.4 is 10.6 Å². The van der Waals surface area contributed by atoms with Crippen LogP contribution in [0.15, 0.2) is 23.3 Å². The Balaban J connectivity index is 2.03. The Bertz CT molecular complexity index is 809. The topological polar surface area (TPSA) is 86.7 Å². The molecule has 0 aliphatic carbocycles. The van der Waals surface area contributed by atoms with Crippen molar-refractivity contribution >= 4 is 21.6 Å². The van der Waals surface area contributed by atoms with Crippen molar-refractivity contribution in [3.63, 3.8) is 0 Å². The number of pyridine rings is 1. The summed E-state index contributed by atoms with van der Waals surface area (Å²) < 4.78 is 62.4. The number of nitrogens with zero attached hydrogens (tertiary/aromatic N) is 3. The number of aromatic nitrogens is 1. The van der Waals surface area contributed by atoms with Gasteiger partial charge in [0.25, 0.3) is 0 Å². The summed E-state index contributed by atoms with van der Waals surface area (Å²) in [4.78, 5) is 10.0. The van der Waals surface area contributed by atoms with E-state index in [1.165, 1.54) is 12.3 Å². The summed E-state index contributed by atoms with van der Waals surface area (Å²) in [6.45, 7) is 6.83. The van der Waals surface area contributed by atoms with Gasteiger partial charge in [0.2, 0.25) is 0 Å². The van der Waals surface area contributed by atoms with E-state index in [1.807, 2.05) is 11.8 Å². The summed E-state index contributed by atoms with van der Waals surface area (Å²) >= 11 is 0. The molecule has 1 aromatic heterocycles. The van der Waals surface area contributed by atoms with E-state index in [2.05, 4.69) is 20.6 Å². The quantitative estimate of drug-likeness (QED) is 0.430. The van der Waals surface area contributed by atoms with Gasteiger partial charge >= 0.3 is 6.18 Å². The van der Waals surface area contributed by atoms with Crippen molar-refractivity contribution in [1.82, 2.24) is 15.2 Å². The lowest BCUT2D eigenvalue weighted by Gasteiger charge is -2.39. The van der Waals surface area contributed by atoms with E-state index in [4.69, 9.17) is 0 Å². The van der Waals surface area contributed by atoms with Crippen molar-refractivity contribution < 1.29 is 21.6 Å². The molecule has 1 aromatic rings. The molecular weight excluding hydrogens is 395 g/mol. The van der Waals surface area contributed by atoms with Crippen LogP contribution in [-0.2, 0) is 16.0 Å². The monoisotopic (exact) mass is 421 g/mol. The first kappa shape index (κ1) is 22.3. The van der Waals surface area contributed by atoms with Gasteiger partial charge < -0.3 is 15.5 Å². The average molecular weight is 421 g/mol. The van der Waals surface area contributed by atoms with E-state index in [1.54, 1.807) is 13.8 Å². The molecule has 158 valence electrons. The van der Waals surface area contributed by atoms with Gasteiger partial charge in [-0.25, -0.2) is 13.4 Å². The molecule has 0 bridgehead atoms. The number of alkyl halides is 3. The van der Waals surface area contributed by atoms with Crippen LogP contribution in [0.4, 0.5) is 19.0 Å². The van der Waals surface area contributed by atoms with E-state index >= 15 is 0 Å². The van der Waals surface area contributed by atoms with Crippen LogP contribution in [0.25, 0.3) is 0 Å². The lowest BCUT2D eigenvalue weighted by Crippen LogP contribution is -2.57. The van der Waals surface area contributed by atoms with Crippen LogP contribution in [0.5, 0.6) is 0 Å². The van der Waals surface area contributed by atoms with Crippen molar-refractivity contribution in [1.29, 1.82) is 0 Å². The summed E-state index contributed by atoms with van der Waals surface area (Å²) in [5.41, 5.74) is -0.825. The lowest BCUT2D eigenvalue weighted by atomic mass is 10.2. The second kappa shape index (κ2) is 8.54. The third-order valence-corrected chi connectivity index (χ3v) is 6.99. The number of hydrogen-bond acceptors (Lipinski definition) is 5. The van der Waals surface area contributed by atoms with Crippen LogP contribution in [-0.4, -0.2) is 67.5 Å². The predicted octanol–water partition coefficient (Wildman–Crippen LogP) is 1.99. The van der Waals surface area contributed by atoms with Gasteiger partial charge in [0, 0.05) is 32.4 Å². The molecule has 28 heavy (non-hydrogen) atoms. The van der Waals surface area contributed by atoms with Crippen molar-refractivity contribution in [2.75, 3.05) is 43.8 Å². The minimum Gasteiger partial charge on any atom is -0.368 e. The van der Waals surface area contributed by atoms with Gasteiger partial charge in [0.1, 0.15) is 5.82 Å². The number of guanidine groups is 1. The number of hydrogen-bond donors (Lipinski definition) is 2. The molecule has 7 nitrogen and oxygen atoms in total. The molecule has 11 heteroatoms. The van der Waals surface area contributed by atoms with Gasteiger partial charge in [-0.2, -0.15) is 13.2 Å². The molecule has 0 unspecified atom stereocenters.